The molecule has 0 amide bonds. The van der Waals surface area contributed by atoms with Crippen molar-refractivity contribution in [3.05, 3.63) is 41.2 Å². The Bertz CT molecular complexity index is 716. The Morgan fingerprint density at radius 1 is 1.27 bits per heavy atom. The highest BCUT2D eigenvalue weighted by atomic mass is 16.3. The van der Waals surface area contributed by atoms with Gasteiger partial charge in [0.2, 0.25) is 0 Å². The van der Waals surface area contributed by atoms with Crippen LogP contribution in [-0.4, -0.2) is 31.0 Å². The molecule has 0 atom stereocenters. The van der Waals surface area contributed by atoms with Crippen molar-refractivity contribution in [2.24, 2.45) is 0 Å². The monoisotopic (exact) mass is 301 g/mol. The van der Waals surface area contributed by atoms with Gasteiger partial charge in [0.05, 0.1) is 11.7 Å². The number of hydrogen-bond acceptors (Lipinski definition) is 5. The van der Waals surface area contributed by atoms with Crippen LogP contribution in [0.3, 0.4) is 0 Å². The number of aryl methyl sites for hydroxylation is 1. The minimum atomic E-state index is -0.310. The fourth-order valence-electron chi connectivity index (χ4n) is 1.84. The molecule has 1 heterocycles. The van der Waals surface area contributed by atoms with Crippen LogP contribution in [0.4, 0.5) is 0 Å². The van der Waals surface area contributed by atoms with E-state index in [2.05, 4.69) is 10.3 Å². The van der Waals surface area contributed by atoms with Gasteiger partial charge in [-0.2, -0.15) is 0 Å². The molecular formula is C16H19N3O3. The van der Waals surface area contributed by atoms with Gasteiger partial charge in [0.25, 0.3) is 0 Å². The zero-order valence-corrected chi connectivity index (χ0v) is 13.0. The lowest BCUT2D eigenvalue weighted by Gasteiger charge is -2.17. The zero-order valence-electron chi connectivity index (χ0n) is 13.0. The lowest BCUT2D eigenvalue weighted by atomic mass is 10.1. The second-order valence-electron chi connectivity index (χ2n) is 6.12. The van der Waals surface area contributed by atoms with Crippen molar-refractivity contribution >= 4 is 11.9 Å². The number of phenolic OH excluding ortho intramolecular Hbond substituents is 2. The Hall–Kier alpha value is -2.63. The molecule has 0 fully saturated rings. The standard InChI is InChI=1S/C16H19N3O3/c1-10-7-11(8-14(21)15(10)22)13(20)6-5-12-9-19(18-17-12)16(2,3)4/h5-9,21-22H,1-4H3. The molecule has 0 saturated heterocycles. The van der Waals surface area contributed by atoms with E-state index in [4.69, 9.17) is 0 Å². The van der Waals surface area contributed by atoms with E-state index in [0.29, 0.717) is 16.8 Å². The third-order valence-electron chi connectivity index (χ3n) is 3.17. The molecule has 2 aromatic rings. The summed E-state index contributed by atoms with van der Waals surface area (Å²) in [5, 5.41) is 27.0. The highest BCUT2D eigenvalue weighted by molar-refractivity contribution is 6.07. The molecule has 0 radical (unpaired) electrons. The van der Waals surface area contributed by atoms with Crippen molar-refractivity contribution in [2.45, 2.75) is 33.2 Å². The summed E-state index contributed by atoms with van der Waals surface area (Å²) in [5.41, 5.74) is 1.13. The van der Waals surface area contributed by atoms with Crippen molar-refractivity contribution in [2.75, 3.05) is 0 Å². The molecule has 0 spiro atoms. The number of carbonyl (C=O) groups is 1. The molecule has 0 aliphatic heterocycles. The number of aromatic hydroxyl groups is 2. The SMILES string of the molecule is Cc1cc(C(=O)C=Cc2cn(C(C)(C)C)nn2)cc(O)c1O. The first kappa shape index (κ1) is 15.8. The number of nitrogens with zero attached hydrogens (tertiary/aromatic N) is 3. The Morgan fingerprint density at radius 3 is 2.50 bits per heavy atom. The second-order valence-corrected chi connectivity index (χ2v) is 6.12. The number of aromatic nitrogens is 3. The summed E-state index contributed by atoms with van der Waals surface area (Å²) in [7, 11) is 0. The predicted octanol–water partition coefficient (Wildman–Crippen LogP) is 2.65. The first-order valence-corrected chi connectivity index (χ1v) is 6.86. The maximum atomic E-state index is 12.1. The van der Waals surface area contributed by atoms with Crippen molar-refractivity contribution in [3.8, 4) is 11.5 Å². The van der Waals surface area contributed by atoms with Crippen LogP contribution in [0.2, 0.25) is 0 Å². The summed E-state index contributed by atoms with van der Waals surface area (Å²) in [5.74, 6) is -0.812. The summed E-state index contributed by atoms with van der Waals surface area (Å²) in [6.45, 7) is 7.62. The molecule has 22 heavy (non-hydrogen) atoms. The van der Waals surface area contributed by atoms with Gasteiger partial charge in [-0.3, -0.25) is 4.79 Å². The van der Waals surface area contributed by atoms with Gasteiger partial charge in [-0.1, -0.05) is 5.21 Å². The van der Waals surface area contributed by atoms with Gasteiger partial charge < -0.3 is 10.2 Å². The van der Waals surface area contributed by atoms with Crippen LogP contribution in [0, 0.1) is 6.92 Å². The van der Waals surface area contributed by atoms with Crippen molar-refractivity contribution < 1.29 is 15.0 Å². The topological polar surface area (TPSA) is 88.2 Å². The third kappa shape index (κ3) is 3.33. The van der Waals surface area contributed by atoms with E-state index in [1.165, 1.54) is 18.2 Å². The van der Waals surface area contributed by atoms with Gasteiger partial charge in [0.1, 0.15) is 5.69 Å². The van der Waals surface area contributed by atoms with Crippen LogP contribution < -0.4 is 0 Å². The quantitative estimate of drug-likeness (QED) is 0.517. The fraction of sp³-hybridized carbons (Fsp3) is 0.312. The summed E-state index contributed by atoms with van der Waals surface area (Å²) >= 11 is 0. The highest BCUT2D eigenvalue weighted by Gasteiger charge is 2.14. The molecule has 6 nitrogen and oxygen atoms in total. The highest BCUT2D eigenvalue weighted by Crippen LogP contribution is 2.29. The Kier molecular flexibility index (Phi) is 4.03. The van der Waals surface area contributed by atoms with E-state index in [9.17, 15) is 15.0 Å². The number of rotatable bonds is 3. The largest absolute Gasteiger partial charge is 0.504 e. The van der Waals surface area contributed by atoms with Crippen LogP contribution in [0.15, 0.2) is 24.4 Å². The van der Waals surface area contributed by atoms with Gasteiger partial charge in [-0.05, 0) is 57.5 Å². The van der Waals surface area contributed by atoms with E-state index < -0.39 is 0 Å². The molecule has 0 aliphatic carbocycles. The summed E-state index contributed by atoms with van der Waals surface area (Å²) < 4.78 is 1.72. The average Bonchev–Trinajstić information content (AvgIpc) is 2.90. The molecule has 6 heteroatoms. The molecule has 0 unspecified atom stereocenters. The van der Waals surface area contributed by atoms with Gasteiger partial charge in [-0.25, -0.2) is 4.68 Å². The molecule has 0 aliphatic rings. The van der Waals surface area contributed by atoms with Crippen molar-refractivity contribution in [1.29, 1.82) is 0 Å². The average molecular weight is 301 g/mol. The van der Waals surface area contributed by atoms with E-state index in [0.717, 1.165) is 0 Å². The van der Waals surface area contributed by atoms with E-state index in [-0.39, 0.29) is 22.8 Å². The molecular weight excluding hydrogens is 282 g/mol. The van der Waals surface area contributed by atoms with E-state index >= 15 is 0 Å². The van der Waals surface area contributed by atoms with Crippen LogP contribution >= 0.6 is 0 Å². The van der Waals surface area contributed by atoms with E-state index in [1.54, 1.807) is 23.9 Å². The first-order chi connectivity index (χ1) is 10.2. The van der Waals surface area contributed by atoms with Crippen LogP contribution in [0.1, 0.15) is 42.4 Å². The predicted molar refractivity (Wildman–Crippen MR) is 82.9 cm³/mol. The number of ketones is 1. The molecule has 1 aromatic heterocycles. The maximum Gasteiger partial charge on any atom is 0.186 e. The molecule has 2 N–H and O–H groups in total. The molecule has 1 aromatic carbocycles. The first-order valence-electron chi connectivity index (χ1n) is 6.86. The fourth-order valence-corrected chi connectivity index (χ4v) is 1.84. The van der Waals surface area contributed by atoms with Crippen LogP contribution in [0.25, 0.3) is 6.08 Å². The van der Waals surface area contributed by atoms with E-state index in [1.807, 2.05) is 20.8 Å². The number of phenols is 2. The lowest BCUT2D eigenvalue weighted by Crippen LogP contribution is -2.22. The number of allylic oxidation sites excluding steroid dienone is 1. The van der Waals surface area contributed by atoms with Crippen LogP contribution in [0.5, 0.6) is 11.5 Å². The Labute approximate surface area is 128 Å². The Morgan fingerprint density at radius 2 is 1.95 bits per heavy atom. The molecule has 116 valence electrons. The second kappa shape index (κ2) is 5.63. The smallest absolute Gasteiger partial charge is 0.186 e. The zero-order chi connectivity index (χ0) is 16.5. The number of benzene rings is 1. The van der Waals surface area contributed by atoms with Gasteiger partial charge in [-0.15, -0.1) is 5.10 Å². The van der Waals surface area contributed by atoms with Crippen LogP contribution in [-0.2, 0) is 5.54 Å². The van der Waals surface area contributed by atoms with Crippen molar-refractivity contribution in [3.63, 3.8) is 0 Å². The lowest BCUT2D eigenvalue weighted by molar-refractivity contribution is 0.104. The summed E-state index contributed by atoms with van der Waals surface area (Å²) in [4.78, 5) is 12.1. The molecule has 0 saturated carbocycles. The number of hydrogen-bond donors (Lipinski definition) is 2. The Balaban J connectivity index is 2.20. The maximum absolute atomic E-state index is 12.1. The van der Waals surface area contributed by atoms with Gasteiger partial charge in [0, 0.05) is 5.56 Å². The summed E-state index contributed by atoms with van der Waals surface area (Å²) in [6.07, 6.45) is 4.68. The number of carbonyl (C=O) groups excluding carboxylic acids is 1. The summed E-state index contributed by atoms with van der Waals surface area (Å²) in [6, 6.07) is 2.76. The van der Waals surface area contributed by atoms with Crippen molar-refractivity contribution in [1.82, 2.24) is 15.0 Å². The minimum Gasteiger partial charge on any atom is -0.504 e. The minimum absolute atomic E-state index is 0.178. The molecule has 0 bridgehead atoms. The van der Waals surface area contributed by atoms with Gasteiger partial charge in [0.15, 0.2) is 17.3 Å². The third-order valence-corrected chi connectivity index (χ3v) is 3.17. The van der Waals surface area contributed by atoms with Gasteiger partial charge >= 0.3 is 0 Å². The normalized spacial score (nSPS) is 12.0. The molecule has 2 rings (SSSR count).